The van der Waals surface area contributed by atoms with Crippen molar-refractivity contribution in [3.05, 3.63) is 23.8 Å². The summed E-state index contributed by atoms with van der Waals surface area (Å²) >= 11 is 5.61. The molecule has 0 aromatic carbocycles. The summed E-state index contributed by atoms with van der Waals surface area (Å²) in [5, 5.41) is 8.62. The maximum absolute atomic E-state index is 11.3. The third-order valence-electron chi connectivity index (χ3n) is 2.43. The molecule has 0 spiro atoms. The van der Waals surface area contributed by atoms with E-state index in [2.05, 4.69) is 0 Å². The fourth-order valence-corrected chi connectivity index (χ4v) is 1.76. The monoisotopic (exact) mass is 210 g/mol. The number of nitrogens with two attached hydrogens (primary N) is 1. The molecule has 0 aliphatic heterocycles. The Kier molecular flexibility index (Phi) is 3.32. The van der Waals surface area contributed by atoms with Gasteiger partial charge >= 0.3 is 0 Å². The van der Waals surface area contributed by atoms with Crippen molar-refractivity contribution in [2.45, 2.75) is 12.8 Å². The first kappa shape index (κ1) is 10.8. The summed E-state index contributed by atoms with van der Waals surface area (Å²) in [5.41, 5.74) is 5.19. The van der Waals surface area contributed by atoms with Crippen LogP contribution in [0.25, 0.3) is 0 Å². The molecule has 0 saturated heterocycles. The summed E-state index contributed by atoms with van der Waals surface area (Å²) in [4.78, 5) is 11.3. The molecule has 14 heavy (non-hydrogen) atoms. The summed E-state index contributed by atoms with van der Waals surface area (Å²) in [7, 11) is 0. The van der Waals surface area contributed by atoms with E-state index >= 15 is 0 Å². The number of nitriles is 1. The molecule has 1 aliphatic rings. The molecule has 1 unspecified atom stereocenters. The second-order valence-electron chi connectivity index (χ2n) is 3.27. The van der Waals surface area contributed by atoms with Crippen molar-refractivity contribution >= 4 is 17.5 Å². The summed E-state index contributed by atoms with van der Waals surface area (Å²) in [6.45, 7) is 0. The first-order valence-corrected chi connectivity index (χ1v) is 4.83. The minimum atomic E-state index is -0.692. The summed E-state index contributed by atoms with van der Waals surface area (Å²) in [6.07, 6.45) is 6.01. The molecule has 1 atom stereocenters. The highest BCUT2D eigenvalue weighted by atomic mass is 35.5. The zero-order valence-electron chi connectivity index (χ0n) is 7.66. The van der Waals surface area contributed by atoms with Gasteiger partial charge in [0.2, 0.25) is 5.91 Å². The molecule has 3 nitrogen and oxygen atoms in total. The average molecular weight is 211 g/mol. The standard InChI is InChI=1S/C10H11ClN2O/c11-6-5-10(9(13)14)3-1-8(7-12)2-4-10/h1-3H,4-6H2,(H2,13,14). The van der Waals surface area contributed by atoms with Crippen molar-refractivity contribution in [3.63, 3.8) is 0 Å². The predicted octanol–water partition coefficient (Wildman–Crippen LogP) is 1.50. The Morgan fingerprint density at radius 1 is 1.79 bits per heavy atom. The number of amides is 1. The van der Waals surface area contributed by atoms with E-state index in [1.54, 1.807) is 18.2 Å². The summed E-state index contributed by atoms with van der Waals surface area (Å²) < 4.78 is 0. The zero-order chi connectivity index (χ0) is 10.6. The van der Waals surface area contributed by atoms with Crippen molar-refractivity contribution in [2.24, 2.45) is 11.1 Å². The van der Waals surface area contributed by atoms with E-state index in [9.17, 15) is 4.79 Å². The number of rotatable bonds is 3. The molecule has 0 bridgehead atoms. The third-order valence-corrected chi connectivity index (χ3v) is 2.62. The maximum atomic E-state index is 11.3. The Balaban J connectivity index is 2.88. The number of alkyl halides is 1. The molecule has 0 heterocycles. The van der Waals surface area contributed by atoms with E-state index in [1.165, 1.54) is 0 Å². The molecular weight excluding hydrogens is 200 g/mol. The number of halogens is 1. The van der Waals surface area contributed by atoms with Crippen molar-refractivity contribution < 1.29 is 4.79 Å². The van der Waals surface area contributed by atoms with Gasteiger partial charge < -0.3 is 5.73 Å². The van der Waals surface area contributed by atoms with E-state index in [0.29, 0.717) is 24.3 Å². The van der Waals surface area contributed by atoms with Crippen LogP contribution in [0.15, 0.2) is 23.8 Å². The quantitative estimate of drug-likeness (QED) is 0.718. The Morgan fingerprint density at radius 2 is 2.50 bits per heavy atom. The fraction of sp³-hybridized carbons (Fsp3) is 0.400. The highest BCUT2D eigenvalue weighted by molar-refractivity contribution is 6.18. The van der Waals surface area contributed by atoms with Gasteiger partial charge in [-0.3, -0.25) is 4.79 Å². The number of primary amides is 1. The van der Waals surface area contributed by atoms with Gasteiger partial charge in [-0.25, -0.2) is 0 Å². The first-order chi connectivity index (χ1) is 6.64. The van der Waals surface area contributed by atoms with Crippen LogP contribution in [0.5, 0.6) is 0 Å². The number of carbonyl (C=O) groups excluding carboxylic acids is 1. The molecule has 0 radical (unpaired) electrons. The molecule has 0 saturated carbocycles. The number of hydrogen-bond donors (Lipinski definition) is 1. The molecule has 1 rings (SSSR count). The van der Waals surface area contributed by atoms with Crippen LogP contribution in [0, 0.1) is 16.7 Å². The van der Waals surface area contributed by atoms with Crippen LogP contribution in [-0.4, -0.2) is 11.8 Å². The minimum absolute atomic E-state index is 0.378. The SMILES string of the molecule is N#CC1=CCC(CCCl)(C(N)=O)C=C1. The van der Waals surface area contributed by atoms with Crippen molar-refractivity contribution in [1.82, 2.24) is 0 Å². The Morgan fingerprint density at radius 3 is 2.86 bits per heavy atom. The zero-order valence-corrected chi connectivity index (χ0v) is 8.42. The number of hydrogen-bond acceptors (Lipinski definition) is 2. The largest absolute Gasteiger partial charge is 0.369 e. The van der Waals surface area contributed by atoms with E-state index in [0.717, 1.165) is 0 Å². The van der Waals surface area contributed by atoms with Crippen molar-refractivity contribution in [3.8, 4) is 6.07 Å². The molecule has 0 fully saturated rings. The normalized spacial score (nSPS) is 25.3. The average Bonchev–Trinajstić information content (AvgIpc) is 2.19. The van der Waals surface area contributed by atoms with Gasteiger partial charge in [-0.05, 0) is 18.9 Å². The van der Waals surface area contributed by atoms with Crippen molar-refractivity contribution in [2.75, 3.05) is 5.88 Å². The predicted molar refractivity (Wildman–Crippen MR) is 54.4 cm³/mol. The number of nitrogens with zero attached hydrogens (tertiary/aromatic N) is 1. The molecule has 0 aromatic heterocycles. The Bertz CT molecular complexity index is 341. The Hall–Kier alpha value is -1.27. The lowest BCUT2D eigenvalue weighted by Crippen LogP contribution is -2.36. The minimum Gasteiger partial charge on any atom is -0.369 e. The van der Waals surface area contributed by atoms with Crippen LogP contribution in [-0.2, 0) is 4.79 Å². The van der Waals surface area contributed by atoms with Crippen LogP contribution in [0.4, 0.5) is 0 Å². The van der Waals surface area contributed by atoms with Gasteiger partial charge in [0.1, 0.15) is 0 Å². The first-order valence-electron chi connectivity index (χ1n) is 4.30. The molecule has 1 aliphatic carbocycles. The van der Waals surface area contributed by atoms with Gasteiger partial charge in [0.05, 0.1) is 11.5 Å². The lowest BCUT2D eigenvalue weighted by Gasteiger charge is -2.27. The molecule has 74 valence electrons. The van der Waals surface area contributed by atoms with Crippen LogP contribution in [0.3, 0.4) is 0 Å². The fourth-order valence-electron chi connectivity index (χ4n) is 1.42. The second-order valence-corrected chi connectivity index (χ2v) is 3.65. The Labute approximate surface area is 87.8 Å². The van der Waals surface area contributed by atoms with E-state index in [-0.39, 0.29) is 5.91 Å². The molecule has 4 heteroatoms. The van der Waals surface area contributed by atoms with Gasteiger partial charge in [0.25, 0.3) is 0 Å². The van der Waals surface area contributed by atoms with Crippen LogP contribution >= 0.6 is 11.6 Å². The van der Waals surface area contributed by atoms with E-state index in [4.69, 9.17) is 22.6 Å². The van der Waals surface area contributed by atoms with Crippen LogP contribution in [0.2, 0.25) is 0 Å². The lowest BCUT2D eigenvalue weighted by atomic mass is 9.77. The molecule has 0 aromatic rings. The van der Waals surface area contributed by atoms with Gasteiger partial charge in [-0.1, -0.05) is 12.2 Å². The highest BCUT2D eigenvalue weighted by Crippen LogP contribution is 2.33. The molecule has 1 amide bonds. The van der Waals surface area contributed by atoms with Gasteiger partial charge in [0.15, 0.2) is 0 Å². The summed E-state index contributed by atoms with van der Waals surface area (Å²) in [5.74, 6) is -0.00846. The lowest BCUT2D eigenvalue weighted by molar-refractivity contribution is -0.125. The second kappa shape index (κ2) is 4.30. The van der Waals surface area contributed by atoms with E-state index < -0.39 is 5.41 Å². The van der Waals surface area contributed by atoms with E-state index in [1.807, 2.05) is 6.07 Å². The maximum Gasteiger partial charge on any atom is 0.227 e. The number of allylic oxidation sites excluding steroid dienone is 3. The summed E-state index contributed by atoms with van der Waals surface area (Å²) in [6, 6.07) is 2.01. The molecule has 2 N–H and O–H groups in total. The third kappa shape index (κ3) is 1.97. The van der Waals surface area contributed by atoms with Crippen molar-refractivity contribution in [1.29, 1.82) is 5.26 Å². The van der Waals surface area contributed by atoms with Crippen LogP contribution in [0.1, 0.15) is 12.8 Å². The number of carbonyl (C=O) groups is 1. The van der Waals surface area contributed by atoms with Gasteiger partial charge in [-0.15, -0.1) is 11.6 Å². The topological polar surface area (TPSA) is 66.9 Å². The highest BCUT2D eigenvalue weighted by Gasteiger charge is 2.33. The smallest absolute Gasteiger partial charge is 0.227 e. The van der Waals surface area contributed by atoms with Crippen LogP contribution < -0.4 is 5.73 Å². The van der Waals surface area contributed by atoms with Gasteiger partial charge in [-0.2, -0.15) is 5.26 Å². The van der Waals surface area contributed by atoms with Gasteiger partial charge in [0, 0.05) is 11.5 Å². The molecular formula is C10H11ClN2O.